The quantitative estimate of drug-likeness (QED) is 0.732. The van der Waals surface area contributed by atoms with Crippen LogP contribution in [0.1, 0.15) is 11.1 Å². The summed E-state index contributed by atoms with van der Waals surface area (Å²) in [5.74, 6) is 0. The van der Waals surface area contributed by atoms with E-state index in [2.05, 4.69) is 0 Å². The molecule has 0 radical (unpaired) electrons. The fourth-order valence-electron chi connectivity index (χ4n) is 1.44. The molecule has 1 nitrogen and oxygen atoms in total. The predicted octanol–water partition coefficient (Wildman–Crippen LogP) is 3.14. The molecule has 0 aliphatic heterocycles. The molecule has 0 fully saturated rings. The van der Waals surface area contributed by atoms with Crippen LogP contribution in [0.3, 0.4) is 0 Å². The molecule has 2 rings (SSSR count). The molecule has 0 amide bonds. The van der Waals surface area contributed by atoms with E-state index < -0.39 is 0 Å². The van der Waals surface area contributed by atoms with Crippen molar-refractivity contribution in [2.24, 2.45) is 5.73 Å². The summed E-state index contributed by atoms with van der Waals surface area (Å²) < 4.78 is 0. The highest BCUT2D eigenvalue weighted by molar-refractivity contribution is 5.79. The molecule has 0 spiro atoms. The SMILES string of the molecule is N/C(=C/c1ccccc1)c1ccccc1. The van der Waals surface area contributed by atoms with Gasteiger partial charge in [0.2, 0.25) is 0 Å². The Morgan fingerprint density at radius 2 is 1.33 bits per heavy atom. The average Bonchev–Trinajstić information content (AvgIpc) is 2.31. The van der Waals surface area contributed by atoms with E-state index in [0.29, 0.717) is 0 Å². The third-order valence-electron chi connectivity index (χ3n) is 2.23. The maximum absolute atomic E-state index is 5.99. The molecule has 2 N–H and O–H groups in total. The van der Waals surface area contributed by atoms with Crippen molar-refractivity contribution >= 4 is 11.8 Å². The number of nitrogens with two attached hydrogens (primary N) is 1. The van der Waals surface area contributed by atoms with Gasteiger partial charge in [-0.05, 0) is 17.2 Å². The molecule has 0 atom stereocenters. The van der Waals surface area contributed by atoms with Crippen LogP contribution < -0.4 is 5.73 Å². The minimum absolute atomic E-state index is 0.793. The minimum Gasteiger partial charge on any atom is -0.398 e. The van der Waals surface area contributed by atoms with E-state index in [-0.39, 0.29) is 0 Å². The molecule has 2 aromatic carbocycles. The highest BCUT2D eigenvalue weighted by Crippen LogP contribution is 2.12. The van der Waals surface area contributed by atoms with E-state index in [0.717, 1.165) is 16.8 Å². The molecule has 0 unspecified atom stereocenters. The van der Waals surface area contributed by atoms with E-state index in [4.69, 9.17) is 5.73 Å². The molecular formula is C14H13N. The maximum atomic E-state index is 5.99. The Balaban J connectivity index is 2.29. The van der Waals surface area contributed by atoms with E-state index in [9.17, 15) is 0 Å². The first-order valence-corrected chi connectivity index (χ1v) is 4.94. The van der Waals surface area contributed by atoms with Crippen molar-refractivity contribution in [3.63, 3.8) is 0 Å². The third kappa shape index (κ3) is 2.47. The molecule has 0 bridgehead atoms. The normalized spacial score (nSPS) is 11.3. The second-order valence-corrected chi connectivity index (χ2v) is 3.38. The van der Waals surface area contributed by atoms with Crippen LogP contribution >= 0.6 is 0 Å². The Bertz CT molecular complexity index is 443. The lowest BCUT2D eigenvalue weighted by Crippen LogP contribution is -1.95. The zero-order valence-electron chi connectivity index (χ0n) is 8.43. The van der Waals surface area contributed by atoms with Crippen molar-refractivity contribution in [1.29, 1.82) is 0 Å². The Kier molecular flexibility index (Phi) is 2.84. The van der Waals surface area contributed by atoms with Gasteiger partial charge in [0.05, 0.1) is 0 Å². The van der Waals surface area contributed by atoms with Gasteiger partial charge in [0.15, 0.2) is 0 Å². The van der Waals surface area contributed by atoms with Gasteiger partial charge in [0.1, 0.15) is 0 Å². The van der Waals surface area contributed by atoms with E-state index in [1.807, 2.05) is 66.7 Å². The Morgan fingerprint density at radius 3 is 1.93 bits per heavy atom. The number of hydrogen-bond donors (Lipinski definition) is 1. The molecule has 0 aliphatic carbocycles. The van der Waals surface area contributed by atoms with Crippen LogP contribution in [0.4, 0.5) is 0 Å². The van der Waals surface area contributed by atoms with Crippen LogP contribution in [0, 0.1) is 0 Å². The summed E-state index contributed by atoms with van der Waals surface area (Å²) in [5.41, 5.74) is 8.96. The Hall–Kier alpha value is -2.02. The van der Waals surface area contributed by atoms with E-state index in [1.54, 1.807) is 0 Å². The van der Waals surface area contributed by atoms with Crippen molar-refractivity contribution < 1.29 is 0 Å². The van der Waals surface area contributed by atoms with Crippen molar-refractivity contribution in [1.82, 2.24) is 0 Å². The smallest absolute Gasteiger partial charge is 0.0393 e. The van der Waals surface area contributed by atoms with Gasteiger partial charge in [0.25, 0.3) is 0 Å². The summed E-state index contributed by atoms with van der Waals surface area (Å²) in [6.45, 7) is 0. The zero-order chi connectivity index (χ0) is 10.5. The topological polar surface area (TPSA) is 26.0 Å². The summed E-state index contributed by atoms with van der Waals surface area (Å²) in [6, 6.07) is 20.1. The maximum Gasteiger partial charge on any atom is 0.0393 e. The van der Waals surface area contributed by atoms with Gasteiger partial charge in [-0.15, -0.1) is 0 Å². The molecule has 2 aromatic rings. The molecule has 15 heavy (non-hydrogen) atoms. The van der Waals surface area contributed by atoms with Crippen LogP contribution in [0.25, 0.3) is 11.8 Å². The summed E-state index contributed by atoms with van der Waals surface area (Å²) in [5, 5.41) is 0. The van der Waals surface area contributed by atoms with Crippen LogP contribution in [0.5, 0.6) is 0 Å². The van der Waals surface area contributed by atoms with Crippen molar-refractivity contribution in [3.8, 4) is 0 Å². The molecule has 74 valence electrons. The Labute approximate surface area is 89.9 Å². The minimum atomic E-state index is 0.793. The Morgan fingerprint density at radius 1 is 0.800 bits per heavy atom. The molecule has 0 saturated carbocycles. The van der Waals surface area contributed by atoms with Crippen LogP contribution in [-0.2, 0) is 0 Å². The summed E-state index contributed by atoms with van der Waals surface area (Å²) >= 11 is 0. The van der Waals surface area contributed by atoms with Gasteiger partial charge < -0.3 is 5.73 Å². The molecule has 0 saturated heterocycles. The first kappa shape index (κ1) is 9.53. The van der Waals surface area contributed by atoms with Gasteiger partial charge in [-0.25, -0.2) is 0 Å². The predicted molar refractivity (Wildman–Crippen MR) is 64.9 cm³/mol. The highest BCUT2D eigenvalue weighted by Gasteiger charge is 1.94. The standard InChI is InChI=1S/C14H13N/c15-14(13-9-5-2-6-10-13)11-12-7-3-1-4-8-12/h1-11H,15H2/b14-11+. The van der Waals surface area contributed by atoms with Crippen molar-refractivity contribution in [3.05, 3.63) is 71.8 Å². The van der Waals surface area contributed by atoms with Gasteiger partial charge in [-0.3, -0.25) is 0 Å². The first-order valence-electron chi connectivity index (χ1n) is 4.94. The number of benzene rings is 2. The number of rotatable bonds is 2. The average molecular weight is 195 g/mol. The van der Waals surface area contributed by atoms with Gasteiger partial charge in [-0.2, -0.15) is 0 Å². The second-order valence-electron chi connectivity index (χ2n) is 3.38. The molecule has 0 heterocycles. The van der Waals surface area contributed by atoms with Crippen molar-refractivity contribution in [2.45, 2.75) is 0 Å². The second kappa shape index (κ2) is 4.47. The zero-order valence-corrected chi connectivity index (χ0v) is 8.43. The van der Waals surface area contributed by atoms with Gasteiger partial charge in [0, 0.05) is 5.70 Å². The first-order chi connectivity index (χ1) is 7.36. The fraction of sp³-hybridized carbons (Fsp3) is 0. The summed E-state index contributed by atoms with van der Waals surface area (Å²) in [7, 11) is 0. The lowest BCUT2D eigenvalue weighted by Gasteiger charge is -2.01. The number of hydrogen-bond acceptors (Lipinski definition) is 1. The molecular weight excluding hydrogens is 182 g/mol. The summed E-state index contributed by atoms with van der Waals surface area (Å²) in [6.07, 6.45) is 1.98. The van der Waals surface area contributed by atoms with E-state index >= 15 is 0 Å². The van der Waals surface area contributed by atoms with Crippen LogP contribution in [0.15, 0.2) is 60.7 Å². The van der Waals surface area contributed by atoms with E-state index in [1.165, 1.54) is 0 Å². The molecule has 1 heteroatoms. The molecule has 0 aromatic heterocycles. The largest absolute Gasteiger partial charge is 0.398 e. The monoisotopic (exact) mass is 195 g/mol. The lowest BCUT2D eigenvalue weighted by atomic mass is 10.1. The fourth-order valence-corrected chi connectivity index (χ4v) is 1.44. The third-order valence-corrected chi connectivity index (χ3v) is 2.23. The van der Waals surface area contributed by atoms with Crippen molar-refractivity contribution in [2.75, 3.05) is 0 Å². The van der Waals surface area contributed by atoms with Crippen LogP contribution in [-0.4, -0.2) is 0 Å². The highest BCUT2D eigenvalue weighted by atomic mass is 14.6. The van der Waals surface area contributed by atoms with Gasteiger partial charge >= 0.3 is 0 Å². The molecule has 0 aliphatic rings. The van der Waals surface area contributed by atoms with Gasteiger partial charge in [-0.1, -0.05) is 60.7 Å². The lowest BCUT2D eigenvalue weighted by molar-refractivity contribution is 1.53. The summed E-state index contributed by atoms with van der Waals surface area (Å²) in [4.78, 5) is 0. The van der Waals surface area contributed by atoms with Crippen LogP contribution in [0.2, 0.25) is 0 Å².